The molecule has 0 unspecified atom stereocenters. The van der Waals surface area contributed by atoms with Gasteiger partial charge in [0.1, 0.15) is 0 Å². The highest BCUT2D eigenvalue weighted by Gasteiger charge is 2.07. The molecule has 202 valence electrons. The lowest BCUT2D eigenvalue weighted by molar-refractivity contribution is 0.787. The molecule has 0 aliphatic carbocycles. The molecule has 0 aliphatic heterocycles. The second-order valence-electron chi connectivity index (χ2n) is 11.0. The van der Waals surface area contributed by atoms with E-state index in [1.165, 1.54) is 62.9 Å². The van der Waals surface area contributed by atoms with Gasteiger partial charge in [0, 0.05) is 11.4 Å². The van der Waals surface area contributed by atoms with Gasteiger partial charge in [-0.3, -0.25) is 0 Å². The molecule has 0 aromatic heterocycles. The lowest BCUT2D eigenvalue weighted by Crippen LogP contribution is -1.99. The summed E-state index contributed by atoms with van der Waals surface area (Å²) in [7, 11) is 0. The minimum Gasteiger partial charge on any atom is -0.399 e. The lowest BCUT2D eigenvalue weighted by atomic mass is 9.92. The van der Waals surface area contributed by atoms with Crippen molar-refractivity contribution in [3.8, 4) is 0 Å². The molecule has 0 saturated heterocycles. The predicted molar refractivity (Wildman–Crippen MR) is 171 cm³/mol. The molecule has 0 amide bonds. The topological polar surface area (TPSA) is 52.0 Å². The highest BCUT2D eigenvalue weighted by atomic mass is 14.5. The Labute approximate surface area is 239 Å². The van der Waals surface area contributed by atoms with Gasteiger partial charge in [0.25, 0.3) is 0 Å². The maximum Gasteiger partial charge on any atom is 0.0314 e. The molecular weight excluding hydrogens is 484 g/mol. The smallest absolute Gasteiger partial charge is 0.0314 e. The Balaban J connectivity index is 1.21. The highest BCUT2D eigenvalue weighted by Crippen LogP contribution is 2.22. The fraction of sp³-hybridized carbons (Fsp3) is 0.211. The zero-order valence-electron chi connectivity index (χ0n) is 23.6. The molecule has 4 N–H and O–H groups in total. The van der Waals surface area contributed by atoms with E-state index in [0.717, 1.165) is 43.5 Å². The van der Waals surface area contributed by atoms with Crippen LogP contribution in [0.2, 0.25) is 0 Å². The molecule has 0 saturated carbocycles. The molecule has 0 aliphatic rings. The minimum absolute atomic E-state index is 0.810. The Morgan fingerprint density at radius 3 is 1.18 bits per heavy atom. The Morgan fingerprint density at radius 1 is 0.400 bits per heavy atom. The van der Waals surface area contributed by atoms with Crippen molar-refractivity contribution in [1.82, 2.24) is 0 Å². The van der Waals surface area contributed by atoms with Gasteiger partial charge in [-0.1, -0.05) is 104 Å². The molecule has 2 heteroatoms. The molecule has 40 heavy (non-hydrogen) atoms. The second-order valence-corrected chi connectivity index (χ2v) is 11.0. The fourth-order valence-corrected chi connectivity index (χ4v) is 5.31. The molecule has 5 aromatic carbocycles. The normalized spacial score (nSPS) is 11.0. The first-order valence-corrected chi connectivity index (χ1v) is 14.5. The van der Waals surface area contributed by atoms with Crippen LogP contribution in [0.15, 0.2) is 115 Å². The first-order valence-electron chi connectivity index (χ1n) is 14.5. The maximum atomic E-state index is 5.89. The van der Waals surface area contributed by atoms with Crippen LogP contribution >= 0.6 is 0 Å². The van der Waals surface area contributed by atoms with Crippen LogP contribution in [0.25, 0.3) is 0 Å². The summed E-state index contributed by atoms with van der Waals surface area (Å²) < 4.78 is 0. The van der Waals surface area contributed by atoms with E-state index in [0.29, 0.717) is 0 Å². The SMILES string of the molecule is CCCCc1cc(Cc2ccc(Cc3ccc(Cc4ccc(N)cc4)cc3)cc2)ccc1Cc1ccc(N)cc1. The number of hydrogen-bond acceptors (Lipinski definition) is 2. The van der Waals surface area contributed by atoms with E-state index < -0.39 is 0 Å². The second kappa shape index (κ2) is 13.2. The third-order valence-electron chi connectivity index (χ3n) is 7.70. The van der Waals surface area contributed by atoms with Crippen LogP contribution < -0.4 is 11.5 Å². The van der Waals surface area contributed by atoms with E-state index in [1.54, 1.807) is 0 Å². The van der Waals surface area contributed by atoms with Gasteiger partial charge in [-0.15, -0.1) is 0 Å². The summed E-state index contributed by atoms with van der Waals surface area (Å²) in [6.07, 6.45) is 7.35. The van der Waals surface area contributed by atoms with Gasteiger partial charge in [-0.2, -0.15) is 0 Å². The van der Waals surface area contributed by atoms with Gasteiger partial charge in [0.2, 0.25) is 0 Å². The molecule has 5 rings (SSSR count). The van der Waals surface area contributed by atoms with Crippen molar-refractivity contribution in [3.63, 3.8) is 0 Å². The quantitative estimate of drug-likeness (QED) is 0.170. The van der Waals surface area contributed by atoms with Gasteiger partial charge >= 0.3 is 0 Å². The van der Waals surface area contributed by atoms with Crippen LogP contribution in [0.4, 0.5) is 11.4 Å². The lowest BCUT2D eigenvalue weighted by Gasteiger charge is -2.13. The summed E-state index contributed by atoms with van der Waals surface area (Å²) in [5, 5.41) is 0. The third-order valence-corrected chi connectivity index (χ3v) is 7.70. The van der Waals surface area contributed by atoms with Gasteiger partial charge in [-0.05, 0) is 113 Å². The van der Waals surface area contributed by atoms with Crippen LogP contribution in [-0.4, -0.2) is 0 Å². The van der Waals surface area contributed by atoms with E-state index in [2.05, 4.69) is 97.9 Å². The van der Waals surface area contributed by atoms with Gasteiger partial charge in [-0.25, -0.2) is 0 Å². The fourth-order valence-electron chi connectivity index (χ4n) is 5.31. The Bertz CT molecular complexity index is 1500. The number of rotatable bonds is 11. The van der Waals surface area contributed by atoms with Crippen LogP contribution in [0.3, 0.4) is 0 Å². The van der Waals surface area contributed by atoms with Crippen LogP contribution in [0.1, 0.15) is 69.8 Å². The number of unbranched alkanes of at least 4 members (excludes halogenated alkanes) is 1. The van der Waals surface area contributed by atoms with Crippen molar-refractivity contribution in [1.29, 1.82) is 0 Å². The number of aryl methyl sites for hydroxylation is 1. The highest BCUT2D eigenvalue weighted by molar-refractivity contribution is 5.44. The summed E-state index contributed by atoms with van der Waals surface area (Å²) in [6.45, 7) is 2.26. The number of hydrogen-bond donors (Lipinski definition) is 2. The molecule has 0 atom stereocenters. The van der Waals surface area contributed by atoms with Gasteiger partial charge < -0.3 is 11.5 Å². The van der Waals surface area contributed by atoms with Gasteiger partial charge in [0.15, 0.2) is 0 Å². The van der Waals surface area contributed by atoms with Gasteiger partial charge in [0.05, 0.1) is 0 Å². The summed E-state index contributed by atoms with van der Waals surface area (Å²) >= 11 is 0. The monoisotopic (exact) mass is 524 g/mol. The molecule has 0 fully saturated rings. The summed E-state index contributed by atoms with van der Waals surface area (Å²) in [4.78, 5) is 0. The molecule has 0 bridgehead atoms. The summed E-state index contributed by atoms with van der Waals surface area (Å²) in [6, 6.07) is 41.6. The van der Waals surface area contributed by atoms with Crippen molar-refractivity contribution < 1.29 is 0 Å². The van der Waals surface area contributed by atoms with Crippen LogP contribution in [-0.2, 0) is 32.1 Å². The summed E-state index contributed by atoms with van der Waals surface area (Å²) in [5.41, 5.74) is 25.6. The number of benzene rings is 5. The molecule has 5 aromatic rings. The Morgan fingerprint density at radius 2 is 0.750 bits per heavy atom. The minimum atomic E-state index is 0.810. The van der Waals surface area contributed by atoms with E-state index >= 15 is 0 Å². The summed E-state index contributed by atoms with van der Waals surface area (Å²) in [5.74, 6) is 0. The molecule has 0 heterocycles. The van der Waals surface area contributed by atoms with Crippen LogP contribution in [0, 0.1) is 0 Å². The van der Waals surface area contributed by atoms with Crippen molar-refractivity contribution in [2.24, 2.45) is 0 Å². The zero-order valence-corrected chi connectivity index (χ0v) is 23.6. The molecule has 0 radical (unpaired) electrons. The third kappa shape index (κ3) is 7.64. The Hall–Kier alpha value is -4.30. The van der Waals surface area contributed by atoms with Crippen molar-refractivity contribution >= 4 is 11.4 Å². The zero-order chi connectivity index (χ0) is 27.7. The average Bonchev–Trinajstić information content (AvgIpc) is 2.97. The number of nitrogen functional groups attached to an aromatic ring is 2. The van der Waals surface area contributed by atoms with Crippen LogP contribution in [0.5, 0.6) is 0 Å². The van der Waals surface area contributed by atoms with Crippen molar-refractivity contribution in [2.75, 3.05) is 11.5 Å². The number of nitrogens with two attached hydrogens (primary N) is 2. The van der Waals surface area contributed by atoms with E-state index in [1.807, 2.05) is 24.3 Å². The van der Waals surface area contributed by atoms with E-state index in [4.69, 9.17) is 11.5 Å². The first-order chi connectivity index (χ1) is 19.5. The largest absolute Gasteiger partial charge is 0.399 e. The number of anilines is 2. The molecular formula is C38H40N2. The van der Waals surface area contributed by atoms with Crippen molar-refractivity contribution in [2.45, 2.75) is 51.9 Å². The van der Waals surface area contributed by atoms with Crippen molar-refractivity contribution in [3.05, 3.63) is 165 Å². The molecule has 0 spiro atoms. The average molecular weight is 525 g/mol. The predicted octanol–water partition coefficient (Wildman–Crippen LogP) is 8.56. The van der Waals surface area contributed by atoms with E-state index in [9.17, 15) is 0 Å². The molecule has 2 nitrogen and oxygen atoms in total. The van der Waals surface area contributed by atoms with E-state index in [-0.39, 0.29) is 0 Å². The maximum absolute atomic E-state index is 5.89. The standard InChI is InChI=1S/C38H40N2/c1-2-3-4-35-27-34(13-18-36(35)26-33-16-21-38(40)22-17-33)25-31-11-9-29(10-12-31)23-28-5-7-30(8-6-28)24-32-14-19-37(39)20-15-32/h5-22,27H,2-4,23-26,39-40H2,1H3. The Kier molecular flexibility index (Phi) is 8.98. The first kappa shape index (κ1) is 27.3.